The molecule has 0 aromatic heterocycles. The molecule has 0 radical (unpaired) electrons. The van der Waals surface area contributed by atoms with Crippen LogP contribution in [-0.2, 0) is 14.3 Å². The number of carboxylic acid groups (broad SMARTS) is 1. The Bertz CT molecular complexity index is 1220. The second-order valence-corrected chi connectivity index (χ2v) is 7.85. The van der Waals surface area contributed by atoms with Crippen LogP contribution in [0.5, 0.6) is 0 Å². The molecule has 0 bridgehead atoms. The van der Waals surface area contributed by atoms with Gasteiger partial charge in [0.1, 0.15) is 19.0 Å². The van der Waals surface area contributed by atoms with Crippen molar-refractivity contribution in [2.45, 2.75) is 5.92 Å². The molecule has 0 saturated carbocycles. The van der Waals surface area contributed by atoms with Gasteiger partial charge in [-0.05, 0) is 40.5 Å². The molecule has 1 aliphatic carbocycles. The van der Waals surface area contributed by atoms with Crippen LogP contribution in [0.25, 0.3) is 11.1 Å². The van der Waals surface area contributed by atoms with Crippen molar-refractivity contribution in [1.82, 2.24) is 5.32 Å². The third-order valence-electron chi connectivity index (χ3n) is 5.56. The SMILES string of the molecule is O=C(O)COCCNC(=O)c1ccc(NC(=O)OCC2c3ccccc3-c3ccccc32)cc1F. The monoisotopic (exact) mass is 478 g/mol. The molecule has 4 rings (SSSR count). The Kier molecular flexibility index (Phi) is 7.37. The van der Waals surface area contributed by atoms with Gasteiger partial charge in [-0.1, -0.05) is 48.5 Å². The van der Waals surface area contributed by atoms with Gasteiger partial charge in [-0.3, -0.25) is 10.1 Å². The molecular formula is C26H23FN2O6. The minimum absolute atomic E-state index is 0.0192. The maximum Gasteiger partial charge on any atom is 0.411 e. The number of amides is 2. The predicted molar refractivity (Wildman–Crippen MR) is 126 cm³/mol. The number of aliphatic carboxylic acids is 1. The number of rotatable bonds is 9. The van der Waals surface area contributed by atoms with Gasteiger partial charge in [0, 0.05) is 18.2 Å². The van der Waals surface area contributed by atoms with Gasteiger partial charge in [-0.25, -0.2) is 14.0 Å². The summed E-state index contributed by atoms with van der Waals surface area (Å²) in [5, 5.41) is 13.4. The summed E-state index contributed by atoms with van der Waals surface area (Å²) in [5.41, 5.74) is 4.30. The third-order valence-corrected chi connectivity index (χ3v) is 5.56. The molecule has 2 amide bonds. The van der Waals surface area contributed by atoms with E-state index in [1.54, 1.807) is 0 Å². The normalized spacial score (nSPS) is 11.9. The van der Waals surface area contributed by atoms with Gasteiger partial charge in [0.15, 0.2) is 0 Å². The first-order chi connectivity index (χ1) is 16.9. The maximum atomic E-state index is 14.4. The Morgan fingerprint density at radius 3 is 2.23 bits per heavy atom. The van der Waals surface area contributed by atoms with E-state index in [1.165, 1.54) is 12.1 Å². The topological polar surface area (TPSA) is 114 Å². The number of halogens is 1. The molecule has 8 nitrogen and oxygen atoms in total. The highest BCUT2D eigenvalue weighted by molar-refractivity contribution is 5.95. The molecule has 0 fully saturated rings. The van der Waals surface area contributed by atoms with Crippen molar-refractivity contribution in [3.8, 4) is 11.1 Å². The van der Waals surface area contributed by atoms with Crippen molar-refractivity contribution in [3.05, 3.63) is 89.2 Å². The summed E-state index contributed by atoms with van der Waals surface area (Å²) in [5.74, 6) is -2.74. The zero-order valence-corrected chi connectivity index (χ0v) is 18.6. The average molecular weight is 478 g/mol. The van der Waals surface area contributed by atoms with Crippen LogP contribution in [0.3, 0.4) is 0 Å². The Morgan fingerprint density at radius 2 is 1.60 bits per heavy atom. The number of anilines is 1. The number of carbonyl (C=O) groups is 3. The van der Waals surface area contributed by atoms with Crippen molar-refractivity contribution >= 4 is 23.7 Å². The van der Waals surface area contributed by atoms with Crippen molar-refractivity contribution in [3.63, 3.8) is 0 Å². The fraction of sp³-hybridized carbons (Fsp3) is 0.192. The van der Waals surface area contributed by atoms with Crippen LogP contribution in [0.2, 0.25) is 0 Å². The summed E-state index contributed by atoms with van der Waals surface area (Å²) < 4.78 is 24.7. The third kappa shape index (κ3) is 5.64. The highest BCUT2D eigenvalue weighted by Crippen LogP contribution is 2.44. The van der Waals surface area contributed by atoms with E-state index < -0.39 is 30.4 Å². The van der Waals surface area contributed by atoms with E-state index in [0.29, 0.717) is 0 Å². The molecule has 0 spiro atoms. The fourth-order valence-corrected chi connectivity index (χ4v) is 4.02. The number of hydrogen-bond donors (Lipinski definition) is 3. The van der Waals surface area contributed by atoms with Crippen molar-refractivity contribution < 1.29 is 33.4 Å². The van der Waals surface area contributed by atoms with Gasteiger partial charge in [-0.2, -0.15) is 0 Å². The lowest BCUT2D eigenvalue weighted by Crippen LogP contribution is -2.28. The first-order valence-corrected chi connectivity index (χ1v) is 10.9. The lowest BCUT2D eigenvalue weighted by Gasteiger charge is -2.15. The minimum atomic E-state index is -1.12. The van der Waals surface area contributed by atoms with Crippen LogP contribution >= 0.6 is 0 Å². The molecule has 0 unspecified atom stereocenters. The molecule has 3 aromatic rings. The van der Waals surface area contributed by atoms with Crippen molar-refractivity contribution in [2.75, 3.05) is 31.7 Å². The smallest absolute Gasteiger partial charge is 0.411 e. The molecule has 9 heteroatoms. The lowest BCUT2D eigenvalue weighted by molar-refractivity contribution is -0.142. The number of carbonyl (C=O) groups excluding carboxylic acids is 2. The Labute approximate surface area is 200 Å². The van der Waals surface area contributed by atoms with Crippen molar-refractivity contribution in [1.29, 1.82) is 0 Å². The van der Waals surface area contributed by atoms with E-state index >= 15 is 0 Å². The largest absolute Gasteiger partial charge is 0.480 e. The average Bonchev–Trinajstić information content (AvgIpc) is 3.16. The van der Waals surface area contributed by atoms with Gasteiger partial charge in [0.25, 0.3) is 5.91 Å². The van der Waals surface area contributed by atoms with Gasteiger partial charge >= 0.3 is 12.1 Å². The van der Waals surface area contributed by atoms with E-state index in [1.807, 2.05) is 48.5 Å². The summed E-state index contributed by atoms with van der Waals surface area (Å²) in [6.45, 7) is -0.375. The Morgan fingerprint density at radius 1 is 0.943 bits per heavy atom. The molecule has 1 aliphatic rings. The van der Waals surface area contributed by atoms with Gasteiger partial charge in [0.2, 0.25) is 0 Å². The second-order valence-electron chi connectivity index (χ2n) is 7.85. The van der Waals surface area contributed by atoms with Gasteiger partial charge < -0.3 is 19.9 Å². The Hall–Kier alpha value is -4.24. The number of fused-ring (bicyclic) bond motifs is 3. The summed E-state index contributed by atoms with van der Waals surface area (Å²) >= 11 is 0. The van der Waals surface area contributed by atoms with E-state index in [0.717, 1.165) is 28.3 Å². The van der Waals surface area contributed by atoms with E-state index in [4.69, 9.17) is 14.6 Å². The highest BCUT2D eigenvalue weighted by atomic mass is 19.1. The van der Waals surface area contributed by atoms with Crippen molar-refractivity contribution in [2.24, 2.45) is 0 Å². The van der Waals surface area contributed by atoms with Crippen LogP contribution < -0.4 is 10.6 Å². The van der Waals surface area contributed by atoms with Gasteiger partial charge in [0.05, 0.1) is 12.2 Å². The molecule has 35 heavy (non-hydrogen) atoms. The second kappa shape index (κ2) is 10.8. The molecule has 0 saturated heterocycles. The van der Waals surface area contributed by atoms with Crippen LogP contribution in [0.15, 0.2) is 66.7 Å². The lowest BCUT2D eigenvalue weighted by atomic mass is 9.98. The summed E-state index contributed by atoms with van der Waals surface area (Å²) in [4.78, 5) is 34.9. The zero-order valence-electron chi connectivity index (χ0n) is 18.6. The summed E-state index contributed by atoms with van der Waals surface area (Å²) in [6, 6.07) is 19.6. The number of nitrogens with one attached hydrogen (secondary N) is 2. The number of benzene rings is 3. The quantitative estimate of drug-likeness (QED) is 0.401. The molecular weight excluding hydrogens is 455 g/mol. The van der Waals surface area contributed by atoms with E-state index in [9.17, 15) is 18.8 Å². The van der Waals surface area contributed by atoms with Crippen LogP contribution in [0.4, 0.5) is 14.9 Å². The highest BCUT2D eigenvalue weighted by Gasteiger charge is 2.29. The predicted octanol–water partition coefficient (Wildman–Crippen LogP) is 4.02. The zero-order chi connectivity index (χ0) is 24.8. The van der Waals surface area contributed by atoms with Gasteiger partial charge in [-0.15, -0.1) is 0 Å². The van der Waals surface area contributed by atoms with E-state index in [-0.39, 0.29) is 36.9 Å². The molecule has 0 heterocycles. The maximum absolute atomic E-state index is 14.4. The fourth-order valence-electron chi connectivity index (χ4n) is 4.02. The minimum Gasteiger partial charge on any atom is -0.480 e. The number of carboxylic acids is 1. The Balaban J connectivity index is 1.32. The van der Waals surface area contributed by atoms with Crippen LogP contribution in [0, 0.1) is 5.82 Å². The molecule has 0 atom stereocenters. The molecule has 0 aliphatic heterocycles. The summed E-state index contributed by atoms with van der Waals surface area (Å²) in [7, 11) is 0. The standard InChI is InChI=1S/C26H23FN2O6/c27-23-13-16(9-10-21(23)25(32)28-11-12-34-15-24(30)31)29-26(33)35-14-22-19-7-3-1-5-17(19)18-6-2-4-8-20(18)22/h1-10,13,22H,11-12,14-15H2,(H,28,32)(H,29,33)(H,30,31). The molecule has 3 N–H and O–H groups in total. The van der Waals surface area contributed by atoms with E-state index in [2.05, 4.69) is 10.6 Å². The number of ether oxygens (including phenoxy) is 2. The van der Waals surface area contributed by atoms with Crippen LogP contribution in [0.1, 0.15) is 27.4 Å². The summed E-state index contributed by atoms with van der Waals surface area (Å²) in [6.07, 6.45) is -0.737. The molecule has 3 aromatic carbocycles. The first-order valence-electron chi connectivity index (χ1n) is 10.9. The number of hydrogen-bond acceptors (Lipinski definition) is 5. The molecule has 180 valence electrons. The van der Waals surface area contributed by atoms with Crippen LogP contribution in [-0.4, -0.2) is 49.4 Å². The first kappa shape index (κ1) is 23.9.